The Labute approximate surface area is 125 Å². The summed E-state index contributed by atoms with van der Waals surface area (Å²) in [5, 5.41) is 3.19. The molecule has 0 spiro atoms. The fraction of sp³-hybridized carbons (Fsp3) is 0.625. The quantitative estimate of drug-likeness (QED) is 0.906. The molecule has 1 aliphatic rings. The molecule has 106 valence electrons. The molecule has 0 amide bonds. The van der Waals surface area contributed by atoms with Gasteiger partial charge >= 0.3 is 0 Å². The third kappa shape index (κ3) is 4.30. The summed E-state index contributed by atoms with van der Waals surface area (Å²) >= 11 is 3.71. The molecule has 1 heterocycles. The summed E-state index contributed by atoms with van der Waals surface area (Å²) in [7, 11) is 1.98. The van der Waals surface area contributed by atoms with Crippen LogP contribution < -0.4 is 5.32 Å². The van der Waals surface area contributed by atoms with Gasteiger partial charge in [0.1, 0.15) is 0 Å². The van der Waals surface area contributed by atoms with Gasteiger partial charge in [-0.3, -0.25) is 4.90 Å². The summed E-state index contributed by atoms with van der Waals surface area (Å²) in [5.74, 6) is 0. The average molecular weight is 325 g/mol. The Bertz CT molecular complexity index is 419. The minimum atomic E-state index is 0.532. The van der Waals surface area contributed by atoms with E-state index in [-0.39, 0.29) is 0 Å². The molecule has 1 aliphatic heterocycles. The lowest BCUT2D eigenvalue weighted by atomic mass is 9.82. The maximum absolute atomic E-state index is 3.71. The Hall–Kier alpha value is -0.380. The second kappa shape index (κ2) is 6.38. The molecule has 0 aromatic heterocycles. The number of piperidine rings is 1. The fourth-order valence-electron chi connectivity index (χ4n) is 2.59. The number of benzene rings is 1. The van der Waals surface area contributed by atoms with Gasteiger partial charge in [-0.05, 0) is 55.6 Å². The summed E-state index contributed by atoms with van der Waals surface area (Å²) in [6.07, 6.45) is 2.62. The lowest BCUT2D eigenvalue weighted by Crippen LogP contribution is -2.36. The maximum Gasteiger partial charge on any atom is 0.0244 e. The van der Waals surface area contributed by atoms with Crippen molar-refractivity contribution in [2.75, 3.05) is 20.1 Å². The van der Waals surface area contributed by atoms with Gasteiger partial charge in [0.05, 0.1) is 0 Å². The van der Waals surface area contributed by atoms with E-state index in [0.717, 1.165) is 13.1 Å². The Morgan fingerprint density at radius 2 is 1.95 bits per heavy atom. The second-order valence-electron chi connectivity index (χ2n) is 6.40. The van der Waals surface area contributed by atoms with E-state index in [1.54, 1.807) is 0 Å². The Balaban J connectivity index is 1.96. The number of hydrogen-bond acceptors (Lipinski definition) is 2. The first kappa shape index (κ1) is 15.0. The first-order valence-electron chi connectivity index (χ1n) is 7.14. The minimum Gasteiger partial charge on any atom is -0.316 e. The van der Waals surface area contributed by atoms with Crippen molar-refractivity contribution in [3.05, 3.63) is 33.8 Å². The van der Waals surface area contributed by atoms with Crippen LogP contribution in [0.2, 0.25) is 0 Å². The fourth-order valence-corrected chi connectivity index (χ4v) is 3.14. The van der Waals surface area contributed by atoms with Crippen molar-refractivity contribution in [2.45, 2.75) is 39.8 Å². The van der Waals surface area contributed by atoms with Crippen molar-refractivity contribution < 1.29 is 0 Å². The van der Waals surface area contributed by atoms with Crippen molar-refractivity contribution in [1.29, 1.82) is 0 Å². The molecule has 1 aromatic carbocycles. The van der Waals surface area contributed by atoms with Crippen molar-refractivity contribution in [3.8, 4) is 0 Å². The molecule has 19 heavy (non-hydrogen) atoms. The van der Waals surface area contributed by atoms with E-state index in [1.165, 1.54) is 41.5 Å². The molecular formula is C16H25BrN2. The molecule has 0 radical (unpaired) electrons. The van der Waals surface area contributed by atoms with Crippen molar-refractivity contribution >= 4 is 15.9 Å². The summed E-state index contributed by atoms with van der Waals surface area (Å²) in [6.45, 7) is 9.20. The van der Waals surface area contributed by atoms with Gasteiger partial charge < -0.3 is 5.32 Å². The predicted molar refractivity (Wildman–Crippen MR) is 85.2 cm³/mol. The number of hydrogen-bond donors (Lipinski definition) is 1. The molecule has 1 fully saturated rings. The monoisotopic (exact) mass is 324 g/mol. The van der Waals surface area contributed by atoms with Gasteiger partial charge in [0.2, 0.25) is 0 Å². The average Bonchev–Trinajstić information content (AvgIpc) is 2.35. The van der Waals surface area contributed by atoms with E-state index in [2.05, 4.69) is 58.2 Å². The third-order valence-electron chi connectivity index (χ3n) is 4.10. The van der Waals surface area contributed by atoms with Gasteiger partial charge in [0, 0.05) is 17.6 Å². The van der Waals surface area contributed by atoms with Crippen LogP contribution in [0.5, 0.6) is 0 Å². The lowest BCUT2D eigenvalue weighted by molar-refractivity contribution is 0.127. The lowest BCUT2D eigenvalue weighted by Gasteiger charge is -2.37. The van der Waals surface area contributed by atoms with E-state index >= 15 is 0 Å². The highest BCUT2D eigenvalue weighted by Crippen LogP contribution is 2.31. The van der Waals surface area contributed by atoms with Crippen LogP contribution in [0.25, 0.3) is 0 Å². The van der Waals surface area contributed by atoms with Gasteiger partial charge in [0.15, 0.2) is 0 Å². The highest BCUT2D eigenvalue weighted by molar-refractivity contribution is 9.10. The van der Waals surface area contributed by atoms with Gasteiger partial charge in [-0.2, -0.15) is 0 Å². The van der Waals surface area contributed by atoms with Crippen LogP contribution in [-0.4, -0.2) is 25.0 Å². The third-order valence-corrected chi connectivity index (χ3v) is 4.84. The van der Waals surface area contributed by atoms with Crippen LogP contribution in [0.15, 0.2) is 22.7 Å². The molecule has 1 N–H and O–H groups in total. The number of nitrogens with one attached hydrogen (secondary N) is 1. The zero-order valence-electron chi connectivity index (χ0n) is 12.3. The van der Waals surface area contributed by atoms with E-state index in [1.807, 2.05) is 7.05 Å². The zero-order chi connectivity index (χ0) is 13.9. The standard InChI is InChI=1S/C16H25BrN2/c1-16(2)6-8-19(9-7-16)12-14-5-4-13(11-18-3)10-15(14)17/h4-5,10,18H,6-9,11-12H2,1-3H3. The molecule has 1 saturated heterocycles. The molecule has 3 heteroatoms. The SMILES string of the molecule is CNCc1ccc(CN2CCC(C)(C)CC2)c(Br)c1. The van der Waals surface area contributed by atoms with Gasteiger partial charge in [-0.1, -0.05) is 41.9 Å². The molecule has 2 nitrogen and oxygen atoms in total. The van der Waals surface area contributed by atoms with Crippen LogP contribution in [-0.2, 0) is 13.1 Å². The number of likely N-dealkylation sites (tertiary alicyclic amines) is 1. The van der Waals surface area contributed by atoms with Gasteiger partial charge in [-0.25, -0.2) is 0 Å². The van der Waals surface area contributed by atoms with Crippen molar-refractivity contribution in [1.82, 2.24) is 10.2 Å². The maximum atomic E-state index is 3.71. The first-order valence-corrected chi connectivity index (χ1v) is 7.94. The first-order chi connectivity index (χ1) is 9.00. The predicted octanol–water partition coefficient (Wildman–Crippen LogP) is 3.79. The summed E-state index contributed by atoms with van der Waals surface area (Å²) < 4.78 is 1.24. The van der Waals surface area contributed by atoms with E-state index in [4.69, 9.17) is 0 Å². The van der Waals surface area contributed by atoms with E-state index in [0.29, 0.717) is 5.41 Å². The zero-order valence-corrected chi connectivity index (χ0v) is 13.9. The summed E-state index contributed by atoms with van der Waals surface area (Å²) in [4.78, 5) is 2.57. The second-order valence-corrected chi connectivity index (χ2v) is 7.25. The van der Waals surface area contributed by atoms with E-state index < -0.39 is 0 Å². The number of halogens is 1. The number of rotatable bonds is 4. The van der Waals surface area contributed by atoms with Gasteiger partial charge in [-0.15, -0.1) is 0 Å². The van der Waals surface area contributed by atoms with Crippen molar-refractivity contribution in [2.24, 2.45) is 5.41 Å². The molecule has 0 atom stereocenters. The van der Waals surface area contributed by atoms with E-state index in [9.17, 15) is 0 Å². The normalized spacial score (nSPS) is 19.6. The number of nitrogens with zero attached hydrogens (tertiary/aromatic N) is 1. The van der Waals surface area contributed by atoms with Crippen LogP contribution >= 0.6 is 15.9 Å². The van der Waals surface area contributed by atoms with Crippen LogP contribution in [0, 0.1) is 5.41 Å². The highest BCUT2D eigenvalue weighted by atomic mass is 79.9. The molecule has 0 bridgehead atoms. The Kier molecular flexibility index (Phi) is 5.04. The van der Waals surface area contributed by atoms with Crippen LogP contribution in [0.1, 0.15) is 37.8 Å². The Morgan fingerprint density at radius 1 is 1.26 bits per heavy atom. The molecule has 0 unspecified atom stereocenters. The molecule has 0 saturated carbocycles. The highest BCUT2D eigenvalue weighted by Gasteiger charge is 2.25. The molecule has 2 rings (SSSR count). The molecule has 0 aliphatic carbocycles. The summed E-state index contributed by atoms with van der Waals surface area (Å²) in [5.41, 5.74) is 3.27. The van der Waals surface area contributed by atoms with Gasteiger partial charge in [0.25, 0.3) is 0 Å². The minimum absolute atomic E-state index is 0.532. The Morgan fingerprint density at radius 3 is 2.53 bits per heavy atom. The van der Waals surface area contributed by atoms with Crippen LogP contribution in [0.4, 0.5) is 0 Å². The summed E-state index contributed by atoms with van der Waals surface area (Å²) in [6, 6.07) is 6.72. The topological polar surface area (TPSA) is 15.3 Å². The molecule has 1 aromatic rings. The largest absolute Gasteiger partial charge is 0.316 e. The van der Waals surface area contributed by atoms with Crippen molar-refractivity contribution in [3.63, 3.8) is 0 Å². The van der Waals surface area contributed by atoms with Crippen LogP contribution in [0.3, 0.4) is 0 Å². The smallest absolute Gasteiger partial charge is 0.0244 e. The molecular weight excluding hydrogens is 300 g/mol.